The van der Waals surface area contributed by atoms with Crippen molar-refractivity contribution in [3.8, 4) is 61.6 Å². The fourth-order valence-electron chi connectivity index (χ4n) is 22.0. The maximum atomic E-state index is 2.53. The highest BCUT2D eigenvalue weighted by Crippen LogP contribution is 2.54. The van der Waals surface area contributed by atoms with E-state index < -0.39 is 0 Å². The number of benzene rings is 25. The zero-order chi connectivity index (χ0) is 84.7. The maximum Gasteiger partial charge on any atom is 0.0626 e. The Morgan fingerprint density at radius 3 is 0.767 bits per heavy atom. The van der Waals surface area contributed by atoms with E-state index in [0.29, 0.717) is 0 Å². The summed E-state index contributed by atoms with van der Waals surface area (Å²) in [6, 6.07) is 175. The zero-order valence-corrected chi connectivity index (χ0v) is 70.5. The standard InChI is InChI=1S/C46H29N.2C40H25N/c1-3-13-30(14-4-1)31-23-26-34(27-24-31)47-45-35-18-8-7-17-33(35)25-28-40(45)44-43-38-21-11-9-19-36(38)41(32-15-5-2-6-16-32)29-42(43)37-20-10-12-22-39(37)46(44)47;1-3-13-26(14-4-1)34-25-35-31-20-10-12-22-33(31)40-39(37(35)32-21-11-9-19-30(32)34)38-29-18-8-7-15-27(29)23-24-36(38)41(40)28-16-5-2-6-17-28;1-3-13-26(14-4-1)35-25-36-31-20-10-12-22-33(31)40-38(37(36)32-21-11-9-19-30(32)35)34-24-23-27-15-7-8-18-29(27)39(34)41(40)28-16-5-2-6-17-28/h1-29H;2*1-25H. The van der Waals surface area contributed by atoms with Crippen molar-refractivity contribution >= 4 is 195 Å². The molecule has 28 rings (SSSR count). The van der Waals surface area contributed by atoms with E-state index in [1.807, 2.05) is 0 Å². The van der Waals surface area contributed by atoms with Gasteiger partial charge in [0.15, 0.2) is 0 Å². The van der Waals surface area contributed by atoms with Gasteiger partial charge in [-0.05, 0) is 191 Å². The number of aromatic nitrogens is 3. The molecule has 0 aliphatic rings. The van der Waals surface area contributed by atoms with Gasteiger partial charge >= 0.3 is 0 Å². The molecule has 3 heteroatoms. The molecule has 3 aromatic heterocycles. The average molecular weight is 1640 g/mol. The van der Waals surface area contributed by atoms with Crippen molar-refractivity contribution in [2.24, 2.45) is 0 Å². The molecule has 129 heavy (non-hydrogen) atoms. The Balaban J connectivity index is 0.000000102. The molecule has 0 aliphatic carbocycles. The van der Waals surface area contributed by atoms with Gasteiger partial charge in [0.2, 0.25) is 0 Å². The molecule has 0 spiro atoms. The average Bonchev–Trinajstić information content (AvgIpc) is 1.60. The van der Waals surface area contributed by atoms with Crippen LogP contribution < -0.4 is 0 Å². The van der Waals surface area contributed by atoms with Crippen molar-refractivity contribution in [2.75, 3.05) is 0 Å². The third-order valence-electron chi connectivity index (χ3n) is 27.4. The van der Waals surface area contributed by atoms with Crippen molar-refractivity contribution < 1.29 is 0 Å². The first-order chi connectivity index (χ1) is 64.1. The van der Waals surface area contributed by atoms with E-state index in [2.05, 4.69) is 493 Å². The first-order valence-corrected chi connectivity index (χ1v) is 44.7. The van der Waals surface area contributed by atoms with Gasteiger partial charge in [-0.2, -0.15) is 0 Å². The predicted molar refractivity (Wildman–Crippen MR) is 554 cm³/mol. The molecule has 0 aliphatic heterocycles. The second-order valence-electron chi connectivity index (χ2n) is 34.2. The van der Waals surface area contributed by atoms with Crippen LogP contribution in [0.1, 0.15) is 0 Å². The van der Waals surface area contributed by atoms with Crippen LogP contribution in [0.25, 0.3) is 256 Å². The Hall–Kier alpha value is -17.0. The first-order valence-electron chi connectivity index (χ1n) is 44.7. The number of para-hydroxylation sites is 2. The summed E-state index contributed by atoms with van der Waals surface area (Å²) in [7, 11) is 0. The molecule has 3 heterocycles. The fourth-order valence-corrected chi connectivity index (χ4v) is 22.0. The van der Waals surface area contributed by atoms with Crippen molar-refractivity contribution in [1.29, 1.82) is 0 Å². The number of hydrogen-bond acceptors (Lipinski definition) is 0. The van der Waals surface area contributed by atoms with Crippen molar-refractivity contribution in [3.63, 3.8) is 0 Å². The second kappa shape index (κ2) is 29.9. The molecule has 598 valence electrons. The van der Waals surface area contributed by atoms with Gasteiger partial charge in [-0.15, -0.1) is 0 Å². The largest absolute Gasteiger partial charge is 0.309 e. The molecule has 0 amide bonds. The minimum absolute atomic E-state index is 1.16. The zero-order valence-electron chi connectivity index (χ0n) is 70.5. The highest BCUT2D eigenvalue weighted by Gasteiger charge is 2.28. The Labute approximate surface area is 743 Å². The van der Waals surface area contributed by atoms with Gasteiger partial charge in [0.1, 0.15) is 0 Å². The molecule has 28 aromatic rings. The molecule has 0 unspecified atom stereocenters. The molecule has 3 nitrogen and oxygen atoms in total. The number of hydrogen-bond donors (Lipinski definition) is 0. The fraction of sp³-hybridized carbons (Fsp3) is 0. The van der Waals surface area contributed by atoms with Gasteiger partial charge in [0.05, 0.1) is 33.1 Å². The Morgan fingerprint density at radius 1 is 0.116 bits per heavy atom. The Morgan fingerprint density at radius 2 is 0.380 bits per heavy atom. The lowest BCUT2D eigenvalue weighted by Crippen LogP contribution is -1.96. The SMILES string of the molecule is c1ccc(-c2cc3c4ccccc4c4c(c3c3ccccc23)c2c3ccccc3ccc2n4-c2ccccc2)cc1.c1ccc(-c2cc3c4ccccc4c4c(c5ccc6ccccc6c5n4-c4ccccc4)c3c3ccccc23)cc1.c1ccc(-c2ccc(-n3c4c5ccccc5ccc4c4c5c6ccccc6c(-c6ccccc6)cc5c5ccccc5c43)cc2)cc1. The summed E-state index contributed by atoms with van der Waals surface area (Å²) in [4.78, 5) is 0. The van der Waals surface area contributed by atoms with Crippen LogP contribution >= 0.6 is 0 Å². The van der Waals surface area contributed by atoms with Gasteiger partial charge < -0.3 is 13.7 Å². The third-order valence-corrected chi connectivity index (χ3v) is 27.4. The van der Waals surface area contributed by atoms with Crippen LogP contribution in [0.2, 0.25) is 0 Å². The van der Waals surface area contributed by atoms with Crippen LogP contribution in [0, 0.1) is 0 Å². The van der Waals surface area contributed by atoms with Crippen molar-refractivity contribution in [2.45, 2.75) is 0 Å². The topological polar surface area (TPSA) is 14.8 Å². The highest BCUT2D eigenvalue weighted by molar-refractivity contribution is 6.43. The summed E-state index contributed by atoms with van der Waals surface area (Å²) in [6.45, 7) is 0. The normalized spacial score (nSPS) is 11.9. The summed E-state index contributed by atoms with van der Waals surface area (Å²) in [5.41, 5.74) is 21.0. The molecular formula is C126H79N3. The first kappa shape index (κ1) is 73.5. The van der Waals surface area contributed by atoms with Crippen LogP contribution in [-0.2, 0) is 0 Å². The number of rotatable bonds is 7. The van der Waals surface area contributed by atoms with E-state index in [0.717, 1.165) is 5.69 Å². The van der Waals surface area contributed by atoms with Gasteiger partial charge in [0.25, 0.3) is 0 Å². The molecule has 0 bridgehead atoms. The maximum absolute atomic E-state index is 2.53. The summed E-state index contributed by atoms with van der Waals surface area (Å²) in [6.07, 6.45) is 0. The predicted octanol–water partition coefficient (Wildman–Crippen LogP) is 34.9. The van der Waals surface area contributed by atoms with E-state index in [1.165, 1.54) is 251 Å². The monoisotopic (exact) mass is 1630 g/mol. The van der Waals surface area contributed by atoms with Crippen molar-refractivity contribution in [1.82, 2.24) is 13.7 Å². The van der Waals surface area contributed by atoms with E-state index >= 15 is 0 Å². The van der Waals surface area contributed by atoms with Gasteiger partial charge in [0, 0.05) is 92.5 Å². The van der Waals surface area contributed by atoms with E-state index in [9.17, 15) is 0 Å². The molecule has 0 fully saturated rings. The summed E-state index contributed by atoms with van der Waals surface area (Å²) < 4.78 is 7.52. The van der Waals surface area contributed by atoms with E-state index in [4.69, 9.17) is 0 Å². The Kier molecular flexibility index (Phi) is 17.0. The number of nitrogens with zero attached hydrogens (tertiary/aromatic N) is 3. The minimum Gasteiger partial charge on any atom is -0.309 e. The molecule has 25 aromatic carbocycles. The van der Waals surface area contributed by atoms with Crippen molar-refractivity contribution in [3.05, 3.63) is 479 Å². The van der Waals surface area contributed by atoms with Crippen LogP contribution in [0.15, 0.2) is 479 Å². The van der Waals surface area contributed by atoms with E-state index in [-0.39, 0.29) is 0 Å². The summed E-state index contributed by atoms with van der Waals surface area (Å²) >= 11 is 0. The van der Waals surface area contributed by atoms with Crippen LogP contribution in [0.4, 0.5) is 0 Å². The molecular weight excluding hydrogens is 1560 g/mol. The van der Waals surface area contributed by atoms with Crippen LogP contribution in [0.3, 0.4) is 0 Å². The lowest BCUT2D eigenvalue weighted by molar-refractivity contribution is 1.19. The Bertz CT molecular complexity index is 9400. The molecule has 0 radical (unpaired) electrons. The third kappa shape index (κ3) is 11.5. The second-order valence-corrected chi connectivity index (χ2v) is 34.2. The summed E-state index contributed by atoms with van der Waals surface area (Å²) in [5, 5.41) is 38.6. The van der Waals surface area contributed by atoms with Gasteiger partial charge in [-0.25, -0.2) is 0 Å². The smallest absolute Gasteiger partial charge is 0.0626 e. The number of fused-ring (bicyclic) bond motifs is 36. The van der Waals surface area contributed by atoms with Gasteiger partial charge in [-0.1, -0.05) is 419 Å². The van der Waals surface area contributed by atoms with Crippen LogP contribution in [0.5, 0.6) is 0 Å². The lowest BCUT2D eigenvalue weighted by atomic mass is 9.88. The quantitative estimate of drug-likeness (QED) is 0.141. The molecule has 0 N–H and O–H groups in total. The van der Waals surface area contributed by atoms with E-state index in [1.54, 1.807) is 0 Å². The molecule has 0 atom stereocenters. The molecule has 0 saturated carbocycles. The molecule has 0 saturated heterocycles. The lowest BCUT2D eigenvalue weighted by Gasteiger charge is -2.16. The van der Waals surface area contributed by atoms with Gasteiger partial charge in [-0.3, -0.25) is 0 Å². The highest BCUT2D eigenvalue weighted by atomic mass is 15.0. The van der Waals surface area contributed by atoms with Crippen LogP contribution in [-0.4, -0.2) is 13.7 Å². The summed E-state index contributed by atoms with van der Waals surface area (Å²) in [5.74, 6) is 0. The minimum atomic E-state index is 1.16.